The zero-order valence-electron chi connectivity index (χ0n) is 11.8. The maximum Gasteiger partial charge on any atom is 0.0853 e. The number of benzene rings is 1. The fourth-order valence-corrected chi connectivity index (χ4v) is 2.88. The summed E-state index contributed by atoms with van der Waals surface area (Å²) in [6.45, 7) is 5.32. The molecule has 0 spiro atoms. The van der Waals surface area contributed by atoms with Crippen LogP contribution >= 0.6 is 0 Å². The number of ether oxygens (including phenoxy) is 1. The predicted octanol–water partition coefficient (Wildman–Crippen LogP) is 4.98. The van der Waals surface area contributed by atoms with Gasteiger partial charge in [-0.25, -0.2) is 0 Å². The van der Waals surface area contributed by atoms with Gasteiger partial charge in [-0.05, 0) is 30.2 Å². The Morgan fingerprint density at radius 3 is 2.33 bits per heavy atom. The predicted molar refractivity (Wildman–Crippen MR) is 76.5 cm³/mol. The molecule has 1 aliphatic carbocycles. The molecule has 1 aromatic rings. The maximum atomic E-state index is 6.23. The molecule has 0 radical (unpaired) electrons. The molecule has 1 aromatic carbocycles. The van der Waals surface area contributed by atoms with Gasteiger partial charge < -0.3 is 4.74 Å². The highest BCUT2D eigenvalue weighted by Gasteiger charge is 2.25. The third kappa shape index (κ3) is 3.84. The molecule has 0 N–H and O–H groups in total. The zero-order valence-corrected chi connectivity index (χ0v) is 11.8. The Labute approximate surface area is 112 Å². The van der Waals surface area contributed by atoms with Gasteiger partial charge in [0, 0.05) is 6.61 Å². The standard InChI is InChI=1S/C17H26O/c1-14(2)13-18-17(15-9-5-3-6-10-15)16-11-7-4-8-12-16/h3,5-6,9-10,14,16-17H,4,7-8,11-13H2,1-2H3. The summed E-state index contributed by atoms with van der Waals surface area (Å²) in [4.78, 5) is 0. The van der Waals surface area contributed by atoms with Crippen molar-refractivity contribution < 1.29 is 4.74 Å². The smallest absolute Gasteiger partial charge is 0.0853 e. The van der Waals surface area contributed by atoms with Crippen molar-refractivity contribution in [3.63, 3.8) is 0 Å². The van der Waals surface area contributed by atoms with Gasteiger partial charge >= 0.3 is 0 Å². The van der Waals surface area contributed by atoms with E-state index in [4.69, 9.17) is 4.74 Å². The molecular formula is C17H26O. The molecule has 100 valence electrons. The van der Waals surface area contributed by atoms with E-state index >= 15 is 0 Å². The summed E-state index contributed by atoms with van der Waals surface area (Å²) in [5.41, 5.74) is 1.37. The molecule has 18 heavy (non-hydrogen) atoms. The van der Waals surface area contributed by atoms with E-state index in [0.717, 1.165) is 12.5 Å². The summed E-state index contributed by atoms with van der Waals surface area (Å²) < 4.78 is 6.23. The second-order valence-electron chi connectivity index (χ2n) is 5.96. The van der Waals surface area contributed by atoms with Crippen LogP contribution in [-0.4, -0.2) is 6.61 Å². The van der Waals surface area contributed by atoms with Crippen LogP contribution in [0, 0.1) is 11.8 Å². The van der Waals surface area contributed by atoms with Gasteiger partial charge in [-0.1, -0.05) is 63.4 Å². The third-order valence-corrected chi connectivity index (χ3v) is 3.82. The molecule has 0 heterocycles. The molecular weight excluding hydrogens is 220 g/mol. The van der Waals surface area contributed by atoms with Gasteiger partial charge in [0.15, 0.2) is 0 Å². The highest BCUT2D eigenvalue weighted by molar-refractivity contribution is 5.18. The molecule has 0 saturated heterocycles. The Hall–Kier alpha value is -0.820. The highest BCUT2D eigenvalue weighted by atomic mass is 16.5. The molecule has 1 heteroatoms. The summed E-state index contributed by atoms with van der Waals surface area (Å²) in [5.74, 6) is 1.33. The molecule has 2 rings (SSSR count). The Bertz CT molecular complexity index is 325. The molecule has 1 saturated carbocycles. The van der Waals surface area contributed by atoms with Crippen LogP contribution in [0.4, 0.5) is 0 Å². The normalized spacial score (nSPS) is 19.1. The van der Waals surface area contributed by atoms with E-state index in [-0.39, 0.29) is 0 Å². The van der Waals surface area contributed by atoms with Crippen molar-refractivity contribution in [3.05, 3.63) is 35.9 Å². The molecule has 1 atom stereocenters. The molecule has 0 aromatic heterocycles. The molecule has 1 unspecified atom stereocenters. The summed E-state index contributed by atoms with van der Waals surface area (Å²) in [6, 6.07) is 10.8. The minimum atomic E-state index is 0.314. The van der Waals surface area contributed by atoms with Crippen molar-refractivity contribution in [1.29, 1.82) is 0 Å². The first-order chi connectivity index (χ1) is 8.77. The fourth-order valence-electron chi connectivity index (χ4n) is 2.88. The monoisotopic (exact) mass is 246 g/mol. The van der Waals surface area contributed by atoms with Gasteiger partial charge in [0.05, 0.1) is 6.10 Å². The maximum absolute atomic E-state index is 6.23. The van der Waals surface area contributed by atoms with E-state index in [2.05, 4.69) is 44.2 Å². The molecule has 1 aliphatic rings. The second-order valence-corrected chi connectivity index (χ2v) is 5.96. The first-order valence-electron chi connectivity index (χ1n) is 7.44. The number of rotatable bonds is 5. The van der Waals surface area contributed by atoms with Gasteiger partial charge in [0.25, 0.3) is 0 Å². The van der Waals surface area contributed by atoms with Crippen LogP contribution < -0.4 is 0 Å². The summed E-state index contributed by atoms with van der Waals surface area (Å²) in [5, 5.41) is 0. The van der Waals surface area contributed by atoms with Crippen LogP contribution in [0.1, 0.15) is 57.6 Å². The fraction of sp³-hybridized carbons (Fsp3) is 0.647. The lowest BCUT2D eigenvalue weighted by Gasteiger charge is -2.31. The lowest BCUT2D eigenvalue weighted by Crippen LogP contribution is -2.20. The number of hydrogen-bond acceptors (Lipinski definition) is 1. The highest BCUT2D eigenvalue weighted by Crippen LogP contribution is 2.37. The first-order valence-corrected chi connectivity index (χ1v) is 7.44. The first kappa shape index (κ1) is 13.6. The van der Waals surface area contributed by atoms with Crippen LogP contribution in [0.25, 0.3) is 0 Å². The minimum Gasteiger partial charge on any atom is -0.373 e. The lowest BCUT2D eigenvalue weighted by atomic mass is 9.82. The van der Waals surface area contributed by atoms with Crippen LogP contribution in [-0.2, 0) is 4.74 Å². The van der Waals surface area contributed by atoms with Crippen LogP contribution in [0.15, 0.2) is 30.3 Å². The van der Waals surface area contributed by atoms with Gasteiger partial charge in [0.1, 0.15) is 0 Å². The quantitative estimate of drug-likeness (QED) is 0.712. The summed E-state index contributed by atoms with van der Waals surface area (Å²) >= 11 is 0. The van der Waals surface area contributed by atoms with Crippen molar-refractivity contribution in [3.8, 4) is 0 Å². The molecule has 1 fully saturated rings. The average molecular weight is 246 g/mol. The van der Waals surface area contributed by atoms with E-state index in [0.29, 0.717) is 12.0 Å². The van der Waals surface area contributed by atoms with E-state index in [1.807, 2.05) is 0 Å². The molecule has 0 amide bonds. The molecule has 1 nitrogen and oxygen atoms in total. The Morgan fingerprint density at radius 2 is 1.72 bits per heavy atom. The Kier molecular flexibility index (Phi) is 5.25. The summed E-state index contributed by atoms with van der Waals surface area (Å²) in [7, 11) is 0. The van der Waals surface area contributed by atoms with E-state index in [1.165, 1.54) is 37.7 Å². The van der Waals surface area contributed by atoms with Gasteiger partial charge in [0.2, 0.25) is 0 Å². The average Bonchev–Trinajstić information content (AvgIpc) is 2.41. The molecule has 0 aliphatic heterocycles. The topological polar surface area (TPSA) is 9.23 Å². The van der Waals surface area contributed by atoms with Crippen LogP contribution in [0.5, 0.6) is 0 Å². The van der Waals surface area contributed by atoms with Crippen LogP contribution in [0.2, 0.25) is 0 Å². The van der Waals surface area contributed by atoms with Crippen molar-refractivity contribution >= 4 is 0 Å². The summed E-state index contributed by atoms with van der Waals surface area (Å²) in [6.07, 6.45) is 7.13. The third-order valence-electron chi connectivity index (χ3n) is 3.82. The zero-order chi connectivity index (χ0) is 12.8. The van der Waals surface area contributed by atoms with Gasteiger partial charge in [-0.15, -0.1) is 0 Å². The second kappa shape index (κ2) is 6.94. The Morgan fingerprint density at radius 1 is 1.06 bits per heavy atom. The minimum absolute atomic E-state index is 0.314. The van der Waals surface area contributed by atoms with Crippen molar-refractivity contribution in [2.45, 2.75) is 52.1 Å². The van der Waals surface area contributed by atoms with Crippen molar-refractivity contribution in [1.82, 2.24) is 0 Å². The Balaban J connectivity index is 2.06. The largest absolute Gasteiger partial charge is 0.373 e. The van der Waals surface area contributed by atoms with Gasteiger partial charge in [-0.3, -0.25) is 0 Å². The van der Waals surface area contributed by atoms with E-state index < -0.39 is 0 Å². The van der Waals surface area contributed by atoms with Gasteiger partial charge in [-0.2, -0.15) is 0 Å². The lowest BCUT2D eigenvalue weighted by molar-refractivity contribution is -0.0141. The number of hydrogen-bond donors (Lipinski definition) is 0. The van der Waals surface area contributed by atoms with Crippen LogP contribution in [0.3, 0.4) is 0 Å². The van der Waals surface area contributed by atoms with E-state index in [1.54, 1.807) is 0 Å². The van der Waals surface area contributed by atoms with Crippen molar-refractivity contribution in [2.24, 2.45) is 11.8 Å². The SMILES string of the molecule is CC(C)COC(c1ccccc1)C1CCCCC1. The van der Waals surface area contributed by atoms with Crippen molar-refractivity contribution in [2.75, 3.05) is 6.61 Å². The molecule has 0 bridgehead atoms. The van der Waals surface area contributed by atoms with E-state index in [9.17, 15) is 0 Å².